The van der Waals surface area contributed by atoms with E-state index in [-0.39, 0.29) is 28.5 Å². The molecule has 2 amide bonds. The fraction of sp³-hybridized carbons (Fsp3) is 0.0833. The number of amides is 2. The number of nitriles is 1. The van der Waals surface area contributed by atoms with Crippen LogP contribution in [-0.2, 0) is 14.8 Å². The number of nitrogens with one attached hydrogen (secondary N) is 3. The first kappa shape index (κ1) is 24.9. The van der Waals surface area contributed by atoms with Crippen molar-refractivity contribution in [2.75, 3.05) is 11.3 Å². The molecular formula is C24H20N4O6S. The van der Waals surface area contributed by atoms with Crippen molar-refractivity contribution < 1.29 is 27.5 Å². The highest BCUT2D eigenvalue weighted by Gasteiger charge is 2.15. The van der Waals surface area contributed by atoms with Crippen LogP contribution in [0.4, 0.5) is 5.69 Å². The summed E-state index contributed by atoms with van der Waals surface area (Å²) in [6.07, 6.45) is 0. The van der Waals surface area contributed by atoms with Gasteiger partial charge in [-0.1, -0.05) is 12.1 Å². The van der Waals surface area contributed by atoms with E-state index in [9.17, 15) is 22.8 Å². The Balaban J connectivity index is 1.51. The van der Waals surface area contributed by atoms with Crippen molar-refractivity contribution in [2.45, 2.75) is 11.8 Å². The molecule has 3 N–H and O–H groups in total. The van der Waals surface area contributed by atoms with Crippen LogP contribution in [0.25, 0.3) is 0 Å². The van der Waals surface area contributed by atoms with Gasteiger partial charge in [0.15, 0.2) is 12.4 Å². The number of hydrogen-bond donors (Lipinski definition) is 3. The molecule has 178 valence electrons. The number of ketones is 1. The second kappa shape index (κ2) is 11.0. The molecule has 0 bridgehead atoms. The standard InChI is InChI=1S/C24H20N4O6S/c1-16(29)18-6-12-22(13-7-18)35(32,33)28-20-8-4-19(5-9-20)24(31)27-26-23(30)15-34-21-10-2-17(14-25)3-11-21/h2-13,28H,15H2,1H3,(H,26,30)(H,27,31). The van der Waals surface area contributed by atoms with Crippen LogP contribution in [0.5, 0.6) is 5.75 Å². The molecule has 0 aliphatic rings. The molecule has 0 saturated heterocycles. The normalized spacial score (nSPS) is 10.5. The number of rotatable bonds is 8. The molecule has 0 saturated carbocycles. The average Bonchev–Trinajstić information content (AvgIpc) is 2.86. The minimum absolute atomic E-state index is 0.0183. The van der Waals surface area contributed by atoms with Crippen LogP contribution in [0, 0.1) is 11.3 Å². The van der Waals surface area contributed by atoms with Gasteiger partial charge in [-0.15, -0.1) is 0 Å². The van der Waals surface area contributed by atoms with Gasteiger partial charge in [-0.3, -0.25) is 30.0 Å². The lowest BCUT2D eigenvalue weighted by atomic mass is 10.2. The van der Waals surface area contributed by atoms with Crippen molar-refractivity contribution in [1.82, 2.24) is 10.9 Å². The molecule has 0 aliphatic heterocycles. The van der Waals surface area contributed by atoms with Gasteiger partial charge in [0.25, 0.3) is 21.8 Å². The molecule has 3 aromatic carbocycles. The Kier molecular flexibility index (Phi) is 7.81. The Morgan fingerprint density at radius 3 is 2.03 bits per heavy atom. The van der Waals surface area contributed by atoms with Crippen LogP contribution >= 0.6 is 0 Å². The summed E-state index contributed by atoms with van der Waals surface area (Å²) in [4.78, 5) is 35.4. The van der Waals surface area contributed by atoms with Crippen LogP contribution in [0.1, 0.15) is 33.2 Å². The fourth-order valence-electron chi connectivity index (χ4n) is 2.78. The molecule has 0 fully saturated rings. The molecule has 0 atom stereocenters. The zero-order chi connectivity index (χ0) is 25.4. The number of hydrazine groups is 1. The fourth-order valence-corrected chi connectivity index (χ4v) is 3.84. The SMILES string of the molecule is CC(=O)c1ccc(S(=O)(=O)Nc2ccc(C(=O)NNC(=O)COc3ccc(C#N)cc3)cc2)cc1. The topological polar surface area (TPSA) is 154 Å². The van der Waals surface area contributed by atoms with Gasteiger partial charge in [0.1, 0.15) is 5.75 Å². The lowest BCUT2D eigenvalue weighted by Crippen LogP contribution is -2.43. The minimum atomic E-state index is -3.89. The van der Waals surface area contributed by atoms with Crippen molar-refractivity contribution in [3.8, 4) is 11.8 Å². The lowest BCUT2D eigenvalue weighted by molar-refractivity contribution is -0.123. The molecule has 0 aromatic heterocycles. The summed E-state index contributed by atoms with van der Waals surface area (Å²) in [5.74, 6) is -1.02. The third kappa shape index (κ3) is 6.89. The third-order valence-electron chi connectivity index (χ3n) is 4.64. The maximum atomic E-state index is 12.5. The molecule has 11 heteroatoms. The molecule has 0 heterocycles. The average molecular weight is 493 g/mol. The van der Waals surface area contributed by atoms with E-state index in [1.165, 1.54) is 55.5 Å². The van der Waals surface area contributed by atoms with Gasteiger partial charge in [0.05, 0.1) is 16.5 Å². The number of anilines is 1. The smallest absolute Gasteiger partial charge is 0.276 e. The summed E-state index contributed by atoms with van der Waals surface area (Å²) in [6, 6.07) is 19.2. The maximum absolute atomic E-state index is 12.5. The Morgan fingerprint density at radius 1 is 0.857 bits per heavy atom. The quantitative estimate of drug-likeness (QED) is 0.322. The van der Waals surface area contributed by atoms with Gasteiger partial charge in [-0.25, -0.2) is 8.42 Å². The highest BCUT2D eigenvalue weighted by Crippen LogP contribution is 2.17. The second-order valence-corrected chi connectivity index (χ2v) is 8.87. The van der Waals surface area contributed by atoms with Gasteiger partial charge in [0, 0.05) is 16.8 Å². The number of carbonyl (C=O) groups excluding carboxylic acids is 3. The van der Waals surface area contributed by atoms with E-state index < -0.39 is 21.8 Å². The van der Waals surface area contributed by atoms with Crippen LogP contribution in [-0.4, -0.2) is 32.6 Å². The highest BCUT2D eigenvalue weighted by atomic mass is 32.2. The first-order valence-corrected chi connectivity index (χ1v) is 11.6. The van der Waals surface area contributed by atoms with Crippen molar-refractivity contribution in [2.24, 2.45) is 0 Å². The minimum Gasteiger partial charge on any atom is -0.484 e. The van der Waals surface area contributed by atoms with Crippen LogP contribution in [0.15, 0.2) is 77.7 Å². The van der Waals surface area contributed by atoms with Crippen LogP contribution in [0.3, 0.4) is 0 Å². The number of hydrogen-bond acceptors (Lipinski definition) is 7. The Labute approximate surface area is 201 Å². The second-order valence-electron chi connectivity index (χ2n) is 7.19. The maximum Gasteiger partial charge on any atom is 0.276 e. The summed E-state index contributed by atoms with van der Waals surface area (Å²) >= 11 is 0. The number of benzene rings is 3. The van der Waals surface area contributed by atoms with Crippen molar-refractivity contribution in [3.05, 3.63) is 89.5 Å². The summed E-state index contributed by atoms with van der Waals surface area (Å²) in [5, 5.41) is 8.76. The number of Topliss-reactive ketones (excluding diaryl/α,β-unsaturated/α-hetero) is 1. The summed E-state index contributed by atoms with van der Waals surface area (Å²) in [6.45, 7) is 1.02. The number of carbonyl (C=O) groups is 3. The van der Waals surface area contributed by atoms with E-state index in [0.29, 0.717) is 16.9 Å². The van der Waals surface area contributed by atoms with Gasteiger partial charge >= 0.3 is 0 Å². The van der Waals surface area contributed by atoms with E-state index in [2.05, 4.69) is 15.6 Å². The molecule has 0 radical (unpaired) electrons. The molecule has 10 nitrogen and oxygen atoms in total. The Bertz CT molecular complexity index is 1380. The number of ether oxygens (including phenoxy) is 1. The summed E-state index contributed by atoms with van der Waals surface area (Å²) in [5.41, 5.74) is 5.69. The highest BCUT2D eigenvalue weighted by molar-refractivity contribution is 7.92. The van der Waals surface area contributed by atoms with Crippen molar-refractivity contribution >= 4 is 33.3 Å². The van der Waals surface area contributed by atoms with Crippen molar-refractivity contribution in [1.29, 1.82) is 5.26 Å². The third-order valence-corrected chi connectivity index (χ3v) is 6.04. The molecule has 35 heavy (non-hydrogen) atoms. The molecule has 3 rings (SSSR count). The number of sulfonamides is 1. The van der Waals surface area contributed by atoms with E-state index >= 15 is 0 Å². The van der Waals surface area contributed by atoms with E-state index in [0.717, 1.165) is 0 Å². The van der Waals surface area contributed by atoms with Crippen LogP contribution in [0.2, 0.25) is 0 Å². The van der Waals surface area contributed by atoms with E-state index in [1.807, 2.05) is 6.07 Å². The zero-order valence-corrected chi connectivity index (χ0v) is 19.3. The predicted octanol–water partition coefficient (Wildman–Crippen LogP) is 2.40. The molecule has 0 unspecified atom stereocenters. The van der Waals surface area contributed by atoms with E-state index in [4.69, 9.17) is 10.00 Å². The first-order chi connectivity index (χ1) is 16.7. The van der Waals surface area contributed by atoms with Gasteiger partial charge in [-0.2, -0.15) is 5.26 Å². The summed E-state index contributed by atoms with van der Waals surface area (Å²) in [7, 11) is -3.89. The molecular weight excluding hydrogens is 472 g/mol. The zero-order valence-electron chi connectivity index (χ0n) is 18.4. The molecule has 0 spiro atoms. The largest absolute Gasteiger partial charge is 0.484 e. The van der Waals surface area contributed by atoms with Gasteiger partial charge in [0.2, 0.25) is 0 Å². The van der Waals surface area contributed by atoms with Gasteiger partial charge < -0.3 is 4.74 Å². The number of nitrogens with zero attached hydrogens (tertiary/aromatic N) is 1. The predicted molar refractivity (Wildman–Crippen MR) is 126 cm³/mol. The van der Waals surface area contributed by atoms with Crippen molar-refractivity contribution in [3.63, 3.8) is 0 Å². The first-order valence-electron chi connectivity index (χ1n) is 10.1. The Morgan fingerprint density at radius 2 is 1.46 bits per heavy atom. The molecule has 0 aliphatic carbocycles. The van der Waals surface area contributed by atoms with E-state index in [1.54, 1.807) is 24.3 Å². The lowest BCUT2D eigenvalue weighted by Gasteiger charge is -2.10. The Hall–Kier alpha value is -4.69. The summed E-state index contributed by atoms with van der Waals surface area (Å²) < 4.78 is 32.7. The van der Waals surface area contributed by atoms with Gasteiger partial charge in [-0.05, 0) is 67.6 Å². The molecule has 3 aromatic rings. The van der Waals surface area contributed by atoms with Crippen LogP contribution < -0.4 is 20.3 Å². The monoisotopic (exact) mass is 492 g/mol.